The maximum Gasteiger partial charge on any atom is 0.226 e. The summed E-state index contributed by atoms with van der Waals surface area (Å²) in [5.41, 5.74) is 0.663. The van der Waals surface area contributed by atoms with Gasteiger partial charge in [-0.05, 0) is 25.4 Å². The molecule has 0 amide bonds. The fourth-order valence-corrected chi connectivity index (χ4v) is 2.37. The number of morpholine rings is 1. The standard InChI is InChI=1S/C11H14ClN5O/c1-6-5-18-7(2)4-17(6)10-8-3-13-16-9(8)14-11(12)15-10/h3,6-7H,4-5H2,1-2H3,(H,13,14,15,16). The van der Waals surface area contributed by atoms with Gasteiger partial charge in [0.1, 0.15) is 5.82 Å². The van der Waals surface area contributed by atoms with Gasteiger partial charge in [0, 0.05) is 6.54 Å². The topological polar surface area (TPSA) is 66.9 Å². The Balaban J connectivity index is 2.09. The first-order valence-electron chi connectivity index (χ1n) is 5.90. The maximum absolute atomic E-state index is 5.96. The van der Waals surface area contributed by atoms with Gasteiger partial charge in [-0.15, -0.1) is 0 Å². The minimum Gasteiger partial charge on any atom is -0.375 e. The van der Waals surface area contributed by atoms with Gasteiger partial charge < -0.3 is 9.64 Å². The molecule has 0 bridgehead atoms. The van der Waals surface area contributed by atoms with Crippen molar-refractivity contribution in [3.8, 4) is 0 Å². The second-order valence-electron chi connectivity index (χ2n) is 4.59. The molecule has 7 heteroatoms. The second kappa shape index (κ2) is 4.37. The Hall–Kier alpha value is -1.40. The van der Waals surface area contributed by atoms with Gasteiger partial charge >= 0.3 is 0 Å². The number of hydrogen-bond acceptors (Lipinski definition) is 5. The van der Waals surface area contributed by atoms with E-state index >= 15 is 0 Å². The molecule has 3 heterocycles. The van der Waals surface area contributed by atoms with E-state index < -0.39 is 0 Å². The molecule has 1 N–H and O–H groups in total. The van der Waals surface area contributed by atoms with Crippen LogP contribution in [-0.4, -0.2) is 45.5 Å². The lowest BCUT2D eigenvalue weighted by Gasteiger charge is -2.37. The Labute approximate surface area is 109 Å². The van der Waals surface area contributed by atoms with E-state index in [4.69, 9.17) is 16.3 Å². The van der Waals surface area contributed by atoms with Crippen LogP contribution < -0.4 is 4.90 Å². The predicted molar refractivity (Wildman–Crippen MR) is 68.9 cm³/mol. The highest BCUT2D eigenvalue weighted by Crippen LogP contribution is 2.27. The van der Waals surface area contributed by atoms with Crippen LogP contribution in [0.1, 0.15) is 13.8 Å². The first kappa shape index (κ1) is 11.7. The summed E-state index contributed by atoms with van der Waals surface area (Å²) in [7, 11) is 0. The van der Waals surface area contributed by atoms with E-state index in [1.807, 2.05) is 6.92 Å². The van der Waals surface area contributed by atoms with Crippen molar-refractivity contribution in [2.24, 2.45) is 0 Å². The molecule has 6 nitrogen and oxygen atoms in total. The van der Waals surface area contributed by atoms with Gasteiger partial charge in [-0.1, -0.05) is 0 Å². The third-order valence-electron chi connectivity index (χ3n) is 3.14. The van der Waals surface area contributed by atoms with Gasteiger partial charge in [-0.2, -0.15) is 15.1 Å². The van der Waals surface area contributed by atoms with Crippen LogP contribution >= 0.6 is 11.6 Å². The lowest BCUT2D eigenvalue weighted by molar-refractivity contribution is 0.0341. The van der Waals surface area contributed by atoms with Crippen molar-refractivity contribution in [2.45, 2.75) is 26.0 Å². The molecule has 1 aliphatic rings. The smallest absolute Gasteiger partial charge is 0.226 e. The Morgan fingerprint density at radius 3 is 3.11 bits per heavy atom. The number of aromatic amines is 1. The third-order valence-corrected chi connectivity index (χ3v) is 3.31. The van der Waals surface area contributed by atoms with E-state index in [-0.39, 0.29) is 17.4 Å². The normalized spacial score (nSPS) is 24.7. The second-order valence-corrected chi connectivity index (χ2v) is 4.93. The number of halogens is 1. The van der Waals surface area contributed by atoms with Crippen LogP contribution in [0.4, 0.5) is 5.82 Å². The SMILES string of the molecule is CC1CN(c2nc(Cl)nc3[nH]ncc23)C(C)CO1. The van der Waals surface area contributed by atoms with Gasteiger partial charge in [0.15, 0.2) is 5.65 Å². The van der Waals surface area contributed by atoms with E-state index in [2.05, 4.69) is 32.0 Å². The number of ether oxygens (including phenoxy) is 1. The molecule has 2 unspecified atom stereocenters. The average Bonchev–Trinajstić information content (AvgIpc) is 2.79. The van der Waals surface area contributed by atoms with Crippen molar-refractivity contribution >= 4 is 28.5 Å². The number of rotatable bonds is 1. The number of aromatic nitrogens is 4. The molecular formula is C11H14ClN5O. The van der Waals surface area contributed by atoms with Crippen LogP contribution in [0.25, 0.3) is 11.0 Å². The fraction of sp³-hybridized carbons (Fsp3) is 0.545. The van der Waals surface area contributed by atoms with Gasteiger partial charge in [0.25, 0.3) is 0 Å². The minimum atomic E-state index is 0.178. The third kappa shape index (κ3) is 1.91. The average molecular weight is 268 g/mol. The molecule has 2 atom stereocenters. The van der Waals surface area contributed by atoms with E-state index in [9.17, 15) is 0 Å². The summed E-state index contributed by atoms with van der Waals surface area (Å²) < 4.78 is 5.62. The number of nitrogens with zero attached hydrogens (tertiary/aromatic N) is 4. The fourth-order valence-electron chi connectivity index (χ4n) is 2.21. The van der Waals surface area contributed by atoms with Gasteiger partial charge in [-0.25, -0.2) is 0 Å². The van der Waals surface area contributed by atoms with Crippen molar-refractivity contribution in [3.05, 3.63) is 11.5 Å². The largest absolute Gasteiger partial charge is 0.375 e. The van der Waals surface area contributed by atoms with Crippen LogP contribution in [0, 0.1) is 0 Å². The Bertz CT molecular complexity index is 572. The first-order chi connectivity index (χ1) is 8.65. The molecule has 1 fully saturated rings. The van der Waals surface area contributed by atoms with Crippen LogP contribution in [0.5, 0.6) is 0 Å². The predicted octanol–water partition coefficient (Wildman–Crippen LogP) is 1.62. The zero-order valence-electron chi connectivity index (χ0n) is 10.2. The monoisotopic (exact) mass is 267 g/mol. The molecule has 0 radical (unpaired) electrons. The molecule has 2 aromatic heterocycles. The number of hydrogen-bond donors (Lipinski definition) is 1. The van der Waals surface area contributed by atoms with E-state index in [1.165, 1.54) is 0 Å². The molecule has 0 spiro atoms. The van der Waals surface area contributed by atoms with E-state index in [0.29, 0.717) is 12.3 Å². The van der Waals surface area contributed by atoms with Gasteiger partial charge in [0.2, 0.25) is 5.28 Å². The lowest BCUT2D eigenvalue weighted by Crippen LogP contribution is -2.47. The zero-order chi connectivity index (χ0) is 12.7. The number of H-pyrrole nitrogens is 1. The lowest BCUT2D eigenvalue weighted by atomic mass is 10.2. The van der Waals surface area contributed by atoms with Crippen molar-refractivity contribution in [1.29, 1.82) is 0 Å². The van der Waals surface area contributed by atoms with Crippen molar-refractivity contribution in [1.82, 2.24) is 20.2 Å². The van der Waals surface area contributed by atoms with Crippen LogP contribution in [0.3, 0.4) is 0 Å². The number of fused-ring (bicyclic) bond motifs is 1. The highest BCUT2D eigenvalue weighted by Gasteiger charge is 2.26. The summed E-state index contributed by atoms with van der Waals surface area (Å²) in [6, 6.07) is 0.255. The summed E-state index contributed by atoms with van der Waals surface area (Å²) in [5, 5.41) is 7.94. The van der Waals surface area contributed by atoms with Crippen LogP contribution in [0.2, 0.25) is 5.28 Å². The van der Waals surface area contributed by atoms with Crippen LogP contribution in [-0.2, 0) is 4.74 Å². The molecule has 2 aromatic rings. The molecule has 1 aliphatic heterocycles. The molecule has 0 aromatic carbocycles. The number of nitrogens with one attached hydrogen (secondary N) is 1. The summed E-state index contributed by atoms with van der Waals surface area (Å²) >= 11 is 5.96. The van der Waals surface area contributed by atoms with Crippen molar-refractivity contribution < 1.29 is 4.74 Å². The molecule has 1 saturated heterocycles. The van der Waals surface area contributed by atoms with Crippen molar-refractivity contribution in [3.63, 3.8) is 0 Å². The number of anilines is 1. The Kier molecular flexibility index (Phi) is 2.83. The summed E-state index contributed by atoms with van der Waals surface area (Å²) in [6.45, 7) is 5.62. The summed E-state index contributed by atoms with van der Waals surface area (Å²) in [6.07, 6.45) is 1.91. The van der Waals surface area contributed by atoms with E-state index in [0.717, 1.165) is 17.7 Å². The van der Waals surface area contributed by atoms with Crippen molar-refractivity contribution in [2.75, 3.05) is 18.1 Å². The van der Waals surface area contributed by atoms with Gasteiger partial charge in [0.05, 0.1) is 30.3 Å². The molecule has 96 valence electrons. The molecule has 3 rings (SSSR count). The summed E-state index contributed by atoms with van der Waals surface area (Å²) in [4.78, 5) is 10.7. The molecule has 0 aliphatic carbocycles. The molecule has 0 saturated carbocycles. The minimum absolute atomic E-state index is 0.178. The Morgan fingerprint density at radius 2 is 2.28 bits per heavy atom. The zero-order valence-corrected chi connectivity index (χ0v) is 11.0. The highest BCUT2D eigenvalue weighted by atomic mass is 35.5. The Morgan fingerprint density at radius 1 is 1.44 bits per heavy atom. The van der Waals surface area contributed by atoms with E-state index in [1.54, 1.807) is 6.20 Å². The molecular weight excluding hydrogens is 254 g/mol. The first-order valence-corrected chi connectivity index (χ1v) is 6.28. The van der Waals surface area contributed by atoms with Gasteiger partial charge in [-0.3, -0.25) is 5.10 Å². The molecule has 18 heavy (non-hydrogen) atoms. The quantitative estimate of drug-likeness (QED) is 0.796. The van der Waals surface area contributed by atoms with Crippen LogP contribution in [0.15, 0.2) is 6.20 Å². The summed E-state index contributed by atoms with van der Waals surface area (Å²) in [5.74, 6) is 0.821. The highest BCUT2D eigenvalue weighted by molar-refractivity contribution is 6.28. The maximum atomic E-state index is 5.96.